The number of hydrogen-bond acceptors (Lipinski definition) is 6. The Morgan fingerprint density at radius 2 is 1.87 bits per heavy atom. The molecule has 2 aliphatic heterocycles. The van der Waals surface area contributed by atoms with Crippen molar-refractivity contribution in [2.24, 2.45) is 0 Å². The summed E-state index contributed by atoms with van der Waals surface area (Å²) in [7, 11) is 0. The molecule has 2 unspecified atom stereocenters. The molecule has 1 aromatic carbocycles. The van der Waals surface area contributed by atoms with Crippen LogP contribution in [0.1, 0.15) is 55.2 Å². The third-order valence-corrected chi connectivity index (χ3v) is 7.70. The van der Waals surface area contributed by atoms with Crippen LogP contribution < -0.4 is 10.6 Å². The number of likely N-dealkylation sites (tertiary alicyclic amines) is 1. The Morgan fingerprint density at radius 3 is 2.64 bits per heavy atom. The van der Waals surface area contributed by atoms with Gasteiger partial charge in [-0.1, -0.05) is 0 Å². The van der Waals surface area contributed by atoms with Crippen LogP contribution in [0.25, 0.3) is 22.2 Å². The highest BCUT2D eigenvalue weighted by Gasteiger charge is 2.31. The van der Waals surface area contributed by atoms with E-state index in [1.54, 1.807) is 24.3 Å². The van der Waals surface area contributed by atoms with Gasteiger partial charge < -0.3 is 20.1 Å². The predicted molar refractivity (Wildman–Crippen MR) is 146 cm³/mol. The third kappa shape index (κ3) is 4.85. The lowest BCUT2D eigenvalue weighted by molar-refractivity contribution is 0.0748. The van der Waals surface area contributed by atoms with E-state index in [9.17, 15) is 9.18 Å². The van der Waals surface area contributed by atoms with E-state index in [0.717, 1.165) is 31.3 Å². The number of carbonyl (C=O) groups excluding carboxylic acids is 1. The second-order valence-corrected chi connectivity index (χ2v) is 10.8. The zero-order valence-electron chi connectivity index (χ0n) is 22.2. The van der Waals surface area contributed by atoms with Gasteiger partial charge in [-0.05, 0) is 70.4 Å². The molecule has 5 heterocycles. The van der Waals surface area contributed by atoms with Crippen LogP contribution in [0.3, 0.4) is 0 Å². The van der Waals surface area contributed by atoms with E-state index in [0.29, 0.717) is 46.5 Å². The highest BCUT2D eigenvalue weighted by atomic mass is 19.1. The summed E-state index contributed by atoms with van der Waals surface area (Å²) < 4.78 is 31.9. The topological polar surface area (TPSA) is 88.0 Å². The number of hydrogen-bond donors (Lipinski definition) is 2. The molecule has 2 bridgehead atoms. The van der Waals surface area contributed by atoms with E-state index in [-0.39, 0.29) is 23.6 Å². The molecule has 0 spiro atoms. The van der Waals surface area contributed by atoms with E-state index in [2.05, 4.69) is 25.6 Å². The normalized spacial score (nSPS) is 19.1. The minimum Gasteiger partial charge on any atom is -0.342 e. The van der Waals surface area contributed by atoms with Gasteiger partial charge in [-0.15, -0.1) is 0 Å². The first-order valence-corrected chi connectivity index (χ1v) is 13.4. The molecule has 0 radical (unpaired) electrons. The number of nitrogens with one attached hydrogen (secondary N) is 2. The maximum atomic E-state index is 15.0. The molecule has 2 aliphatic rings. The van der Waals surface area contributed by atoms with Gasteiger partial charge in [0.1, 0.15) is 17.3 Å². The van der Waals surface area contributed by atoms with E-state index in [1.165, 1.54) is 18.7 Å². The highest BCUT2D eigenvalue weighted by Crippen LogP contribution is 2.32. The SMILES string of the molecule is Cc1cc2c(F)cc(-c3nc(Nc4ccc(C(=O)N5CCC6CCC(C5)N6)cn4)ncc3F)cc2n1C(C)C. The Morgan fingerprint density at radius 1 is 1.05 bits per heavy atom. The largest absolute Gasteiger partial charge is 0.342 e. The zero-order valence-corrected chi connectivity index (χ0v) is 22.2. The number of pyridine rings is 1. The molecule has 2 fully saturated rings. The first-order valence-electron chi connectivity index (χ1n) is 13.4. The number of nitrogens with zero attached hydrogens (tertiary/aromatic N) is 5. The Labute approximate surface area is 225 Å². The van der Waals surface area contributed by atoms with Gasteiger partial charge in [0, 0.05) is 54.1 Å². The smallest absolute Gasteiger partial charge is 0.255 e. The molecule has 0 aliphatic carbocycles. The fourth-order valence-electron chi connectivity index (χ4n) is 5.88. The van der Waals surface area contributed by atoms with Crippen LogP contribution in [0.5, 0.6) is 0 Å². The summed E-state index contributed by atoms with van der Waals surface area (Å²) in [5, 5.41) is 7.04. The molecule has 2 atom stereocenters. The Kier molecular flexibility index (Phi) is 6.50. The second kappa shape index (κ2) is 10.00. The minimum atomic E-state index is -0.659. The molecule has 1 amide bonds. The molecule has 2 saturated heterocycles. The summed E-state index contributed by atoms with van der Waals surface area (Å²) in [6.07, 6.45) is 5.81. The molecule has 6 rings (SSSR count). The van der Waals surface area contributed by atoms with Crippen LogP contribution in [-0.4, -0.2) is 55.5 Å². The summed E-state index contributed by atoms with van der Waals surface area (Å²) >= 11 is 0. The molecular formula is C29H31F2N7O. The van der Waals surface area contributed by atoms with E-state index >= 15 is 4.39 Å². The summed E-state index contributed by atoms with van der Waals surface area (Å²) in [6, 6.07) is 9.20. The van der Waals surface area contributed by atoms with Crippen molar-refractivity contribution in [2.45, 2.75) is 58.2 Å². The minimum absolute atomic E-state index is 0.0154. The molecule has 4 aromatic rings. The number of halogens is 2. The van der Waals surface area contributed by atoms with E-state index in [1.807, 2.05) is 30.2 Å². The highest BCUT2D eigenvalue weighted by molar-refractivity contribution is 5.94. The predicted octanol–water partition coefficient (Wildman–Crippen LogP) is 5.37. The summed E-state index contributed by atoms with van der Waals surface area (Å²) in [5.41, 5.74) is 2.41. The number of carbonyl (C=O) groups is 1. The van der Waals surface area contributed by atoms with Crippen LogP contribution >= 0.6 is 0 Å². The van der Waals surface area contributed by atoms with Crippen molar-refractivity contribution in [3.05, 3.63) is 65.6 Å². The molecule has 39 heavy (non-hydrogen) atoms. The van der Waals surface area contributed by atoms with Gasteiger partial charge in [-0.25, -0.2) is 23.7 Å². The van der Waals surface area contributed by atoms with E-state index < -0.39 is 11.6 Å². The fourth-order valence-corrected chi connectivity index (χ4v) is 5.88. The second-order valence-electron chi connectivity index (χ2n) is 10.8. The molecule has 202 valence electrons. The number of anilines is 2. The molecule has 8 nitrogen and oxygen atoms in total. The molecule has 10 heteroatoms. The fraction of sp³-hybridized carbons (Fsp3) is 0.379. The van der Waals surface area contributed by atoms with Gasteiger partial charge >= 0.3 is 0 Å². The number of rotatable bonds is 5. The lowest BCUT2D eigenvalue weighted by Crippen LogP contribution is -2.39. The van der Waals surface area contributed by atoms with Gasteiger partial charge in [-0.2, -0.15) is 0 Å². The van der Waals surface area contributed by atoms with Crippen LogP contribution in [0.15, 0.2) is 42.7 Å². The maximum absolute atomic E-state index is 15.0. The Bertz CT molecular complexity index is 1550. The Hall–Kier alpha value is -3.92. The van der Waals surface area contributed by atoms with Gasteiger partial charge in [0.15, 0.2) is 5.82 Å². The Balaban J connectivity index is 1.23. The van der Waals surface area contributed by atoms with Gasteiger partial charge in [-0.3, -0.25) is 4.79 Å². The zero-order chi connectivity index (χ0) is 27.3. The number of benzene rings is 1. The lowest BCUT2D eigenvalue weighted by atomic mass is 10.1. The summed E-state index contributed by atoms with van der Waals surface area (Å²) in [6.45, 7) is 7.39. The standard InChI is InChI=1S/C29H31F2N7O/c1-16(2)38-17(3)10-22-23(30)11-19(12-25(22)38)27-24(31)14-33-29(36-27)35-26-7-4-18(13-32-26)28(39)37-9-8-20-5-6-21(15-37)34-20/h4,7,10-14,16,20-21,34H,5-6,8-9,15H2,1-3H3,(H,32,33,35,36). The average molecular weight is 532 g/mol. The number of fused-ring (bicyclic) bond motifs is 3. The van der Waals surface area contributed by atoms with Crippen molar-refractivity contribution in [3.63, 3.8) is 0 Å². The molecule has 3 aromatic heterocycles. The molecule has 2 N–H and O–H groups in total. The van der Waals surface area contributed by atoms with Crippen LogP contribution in [0.2, 0.25) is 0 Å². The monoisotopic (exact) mass is 531 g/mol. The quantitative estimate of drug-likeness (QED) is 0.360. The lowest BCUT2D eigenvalue weighted by Gasteiger charge is -2.24. The van der Waals surface area contributed by atoms with Crippen molar-refractivity contribution in [1.82, 2.24) is 29.7 Å². The first-order chi connectivity index (χ1) is 18.8. The van der Waals surface area contributed by atoms with E-state index in [4.69, 9.17) is 0 Å². The first kappa shape index (κ1) is 25.4. The van der Waals surface area contributed by atoms with Crippen molar-refractivity contribution in [3.8, 4) is 11.3 Å². The van der Waals surface area contributed by atoms with Crippen molar-refractivity contribution >= 4 is 28.6 Å². The van der Waals surface area contributed by atoms with Gasteiger partial charge in [0.25, 0.3) is 5.91 Å². The molecule has 0 saturated carbocycles. The third-order valence-electron chi connectivity index (χ3n) is 7.70. The van der Waals surface area contributed by atoms with Gasteiger partial charge in [0.05, 0.1) is 17.3 Å². The number of amides is 1. The van der Waals surface area contributed by atoms with Crippen LogP contribution in [-0.2, 0) is 0 Å². The van der Waals surface area contributed by atoms with Crippen molar-refractivity contribution < 1.29 is 13.6 Å². The van der Waals surface area contributed by atoms with Crippen molar-refractivity contribution in [1.29, 1.82) is 0 Å². The number of aromatic nitrogens is 4. The van der Waals surface area contributed by atoms with Crippen LogP contribution in [0, 0.1) is 18.6 Å². The van der Waals surface area contributed by atoms with Crippen molar-refractivity contribution in [2.75, 3.05) is 18.4 Å². The van der Waals surface area contributed by atoms with Crippen LogP contribution in [0.4, 0.5) is 20.5 Å². The summed E-state index contributed by atoms with van der Waals surface area (Å²) in [5.74, 6) is -0.613. The maximum Gasteiger partial charge on any atom is 0.255 e. The average Bonchev–Trinajstić information content (AvgIpc) is 3.43. The van der Waals surface area contributed by atoms with Gasteiger partial charge in [0.2, 0.25) is 5.95 Å². The summed E-state index contributed by atoms with van der Waals surface area (Å²) in [4.78, 5) is 27.7. The number of aryl methyl sites for hydroxylation is 1. The molecular weight excluding hydrogens is 500 g/mol.